The summed E-state index contributed by atoms with van der Waals surface area (Å²) >= 11 is 0. The predicted molar refractivity (Wildman–Crippen MR) is 143 cm³/mol. The first-order valence-electron chi connectivity index (χ1n) is 12.8. The molecular weight excluding hydrogens is 510 g/mol. The van der Waals surface area contributed by atoms with Gasteiger partial charge in [0, 0.05) is 18.7 Å². The van der Waals surface area contributed by atoms with Gasteiger partial charge in [0.05, 0.1) is 19.1 Å². The normalized spacial score (nSPS) is 16.0. The van der Waals surface area contributed by atoms with Crippen molar-refractivity contribution in [2.45, 2.75) is 57.7 Å². The number of nitrogens with zero attached hydrogens (tertiary/aromatic N) is 2. The number of ether oxygens (including phenoxy) is 3. The Morgan fingerprint density at radius 2 is 1.74 bits per heavy atom. The second-order valence-corrected chi connectivity index (χ2v) is 11.6. The molecule has 4 rings (SSSR count). The van der Waals surface area contributed by atoms with Crippen molar-refractivity contribution in [2.24, 2.45) is 0 Å². The van der Waals surface area contributed by atoms with Crippen LogP contribution in [0.15, 0.2) is 42.5 Å². The van der Waals surface area contributed by atoms with Crippen LogP contribution in [0.5, 0.6) is 17.2 Å². The summed E-state index contributed by atoms with van der Waals surface area (Å²) in [6.07, 6.45) is 6.15. The summed E-state index contributed by atoms with van der Waals surface area (Å²) in [6.45, 7) is 1.36. The van der Waals surface area contributed by atoms with Crippen molar-refractivity contribution in [1.29, 1.82) is 0 Å². The molecule has 1 aliphatic carbocycles. The lowest BCUT2D eigenvalue weighted by atomic mass is 9.95. The number of sulfonamides is 1. The molecular formula is C27H35N3O7S. The summed E-state index contributed by atoms with van der Waals surface area (Å²) in [5.74, 6) is 0.810. The Bertz CT molecular complexity index is 1240. The minimum Gasteiger partial charge on any atom is -0.497 e. The number of hydrogen-bond donors (Lipinski definition) is 1. The van der Waals surface area contributed by atoms with Gasteiger partial charge in [0.1, 0.15) is 18.3 Å². The quantitative estimate of drug-likeness (QED) is 0.488. The molecule has 11 heteroatoms. The number of hydrogen-bond acceptors (Lipinski definition) is 7. The van der Waals surface area contributed by atoms with Gasteiger partial charge >= 0.3 is 0 Å². The molecule has 10 nitrogen and oxygen atoms in total. The number of carbonyl (C=O) groups excluding carboxylic acids is 2. The zero-order valence-electron chi connectivity index (χ0n) is 22.0. The van der Waals surface area contributed by atoms with Gasteiger partial charge in [-0.15, -0.1) is 0 Å². The third kappa shape index (κ3) is 6.69. The fourth-order valence-electron chi connectivity index (χ4n) is 4.73. The van der Waals surface area contributed by atoms with Crippen molar-refractivity contribution in [3.63, 3.8) is 0 Å². The predicted octanol–water partition coefficient (Wildman–Crippen LogP) is 3.06. The molecule has 0 spiro atoms. The van der Waals surface area contributed by atoms with Crippen molar-refractivity contribution in [3.8, 4) is 17.2 Å². The van der Waals surface area contributed by atoms with E-state index >= 15 is 0 Å². The molecule has 0 bridgehead atoms. The fourth-order valence-corrected chi connectivity index (χ4v) is 5.57. The van der Waals surface area contributed by atoms with Crippen LogP contribution in [0.2, 0.25) is 0 Å². The van der Waals surface area contributed by atoms with Crippen LogP contribution in [0.3, 0.4) is 0 Å². The highest BCUT2D eigenvalue weighted by Crippen LogP contribution is 2.36. The number of anilines is 1. The van der Waals surface area contributed by atoms with Gasteiger partial charge in [-0.2, -0.15) is 0 Å². The van der Waals surface area contributed by atoms with Crippen LogP contribution >= 0.6 is 0 Å². The van der Waals surface area contributed by atoms with E-state index in [9.17, 15) is 18.0 Å². The largest absolute Gasteiger partial charge is 0.497 e. The highest BCUT2D eigenvalue weighted by molar-refractivity contribution is 7.92. The molecule has 1 fully saturated rings. The van der Waals surface area contributed by atoms with Crippen LogP contribution in [0, 0.1) is 0 Å². The van der Waals surface area contributed by atoms with Crippen LogP contribution in [0.1, 0.15) is 44.6 Å². The van der Waals surface area contributed by atoms with E-state index in [4.69, 9.17) is 14.2 Å². The van der Waals surface area contributed by atoms with E-state index in [1.54, 1.807) is 38.3 Å². The van der Waals surface area contributed by atoms with E-state index in [-0.39, 0.29) is 31.0 Å². The molecule has 1 saturated carbocycles. The van der Waals surface area contributed by atoms with Crippen molar-refractivity contribution < 1.29 is 32.2 Å². The first kappa shape index (κ1) is 27.6. The summed E-state index contributed by atoms with van der Waals surface area (Å²) in [5.41, 5.74) is 1.05. The Hall–Kier alpha value is -3.47. The number of benzene rings is 2. The molecule has 0 saturated heterocycles. The van der Waals surface area contributed by atoms with Gasteiger partial charge in [-0.3, -0.25) is 13.9 Å². The number of carbonyl (C=O) groups is 2. The lowest BCUT2D eigenvalue weighted by Crippen LogP contribution is -2.52. The number of methoxy groups -OCH3 is 1. The second kappa shape index (κ2) is 11.9. The van der Waals surface area contributed by atoms with Gasteiger partial charge in [0.15, 0.2) is 11.5 Å². The maximum absolute atomic E-state index is 13.7. The lowest BCUT2D eigenvalue weighted by molar-refractivity contribution is -0.139. The standard InChI is InChI=1S/C27H35N3O7S/c1-19(27(32)28-21-7-5-4-6-8-21)29(16-20-9-12-23(35-2)13-10-20)26(31)17-30(38(3,33)34)22-11-14-24-25(15-22)37-18-36-24/h9-15,19,21H,4-8,16-18H2,1-3H3,(H,28,32). The van der Waals surface area contributed by atoms with Crippen molar-refractivity contribution >= 4 is 27.5 Å². The van der Waals surface area contributed by atoms with Crippen LogP contribution < -0.4 is 23.8 Å². The molecule has 1 heterocycles. The van der Waals surface area contributed by atoms with Crippen LogP contribution in [-0.4, -0.2) is 63.9 Å². The molecule has 38 heavy (non-hydrogen) atoms. The summed E-state index contributed by atoms with van der Waals surface area (Å²) in [4.78, 5) is 28.4. The molecule has 1 aliphatic heterocycles. The van der Waals surface area contributed by atoms with Gasteiger partial charge in [0.25, 0.3) is 0 Å². The highest BCUT2D eigenvalue weighted by Gasteiger charge is 2.31. The van der Waals surface area contributed by atoms with Crippen molar-refractivity contribution in [1.82, 2.24) is 10.2 Å². The summed E-state index contributed by atoms with van der Waals surface area (Å²) in [5, 5.41) is 3.09. The van der Waals surface area contributed by atoms with Gasteiger partial charge < -0.3 is 24.4 Å². The molecule has 1 N–H and O–H groups in total. The first-order chi connectivity index (χ1) is 18.2. The topological polar surface area (TPSA) is 114 Å². The van der Waals surface area contributed by atoms with E-state index in [0.717, 1.165) is 48.2 Å². The van der Waals surface area contributed by atoms with E-state index < -0.39 is 28.5 Å². The van der Waals surface area contributed by atoms with Gasteiger partial charge in [-0.25, -0.2) is 8.42 Å². The third-order valence-electron chi connectivity index (χ3n) is 6.95. The Morgan fingerprint density at radius 1 is 1.05 bits per heavy atom. The zero-order chi connectivity index (χ0) is 27.3. The molecule has 2 aromatic carbocycles. The average molecular weight is 546 g/mol. The van der Waals surface area contributed by atoms with Gasteiger partial charge in [-0.05, 0) is 49.6 Å². The van der Waals surface area contributed by atoms with Crippen molar-refractivity contribution in [3.05, 3.63) is 48.0 Å². The number of fused-ring (bicyclic) bond motifs is 1. The number of nitrogens with one attached hydrogen (secondary N) is 1. The monoisotopic (exact) mass is 545 g/mol. The number of rotatable bonds is 10. The highest BCUT2D eigenvalue weighted by atomic mass is 32.2. The molecule has 0 aromatic heterocycles. The van der Waals surface area contributed by atoms with Gasteiger partial charge in [0.2, 0.25) is 28.6 Å². The van der Waals surface area contributed by atoms with Gasteiger partial charge in [-0.1, -0.05) is 31.4 Å². The minimum atomic E-state index is -3.84. The molecule has 206 valence electrons. The Morgan fingerprint density at radius 3 is 2.39 bits per heavy atom. The minimum absolute atomic E-state index is 0.0415. The smallest absolute Gasteiger partial charge is 0.244 e. The third-order valence-corrected chi connectivity index (χ3v) is 8.09. The summed E-state index contributed by atoms with van der Waals surface area (Å²) in [7, 11) is -2.27. The van der Waals surface area contributed by atoms with Crippen LogP contribution in [-0.2, 0) is 26.2 Å². The van der Waals surface area contributed by atoms with E-state index in [1.165, 1.54) is 11.0 Å². The lowest BCUT2D eigenvalue weighted by Gasteiger charge is -2.33. The Labute approximate surface area is 223 Å². The second-order valence-electron chi connectivity index (χ2n) is 9.70. The molecule has 1 unspecified atom stereocenters. The molecule has 2 aromatic rings. The molecule has 1 atom stereocenters. The average Bonchev–Trinajstić information content (AvgIpc) is 3.38. The Kier molecular flexibility index (Phi) is 8.65. The number of amides is 2. The maximum Gasteiger partial charge on any atom is 0.244 e. The van der Waals surface area contributed by atoms with E-state index in [0.29, 0.717) is 17.2 Å². The SMILES string of the molecule is COc1ccc(CN(C(=O)CN(c2ccc3c(c2)OCO3)S(C)(=O)=O)C(C)C(=O)NC2CCCCC2)cc1. The van der Waals surface area contributed by atoms with E-state index in [2.05, 4.69) is 5.32 Å². The first-order valence-corrected chi connectivity index (χ1v) is 14.6. The molecule has 2 amide bonds. The zero-order valence-corrected chi connectivity index (χ0v) is 22.8. The maximum atomic E-state index is 13.7. The van der Waals surface area contributed by atoms with Crippen molar-refractivity contribution in [2.75, 3.05) is 31.0 Å². The summed E-state index contributed by atoms with van der Waals surface area (Å²) < 4.78 is 42.5. The summed E-state index contributed by atoms with van der Waals surface area (Å²) in [6, 6.07) is 11.2. The van der Waals surface area contributed by atoms with Crippen LogP contribution in [0.25, 0.3) is 0 Å². The van der Waals surface area contributed by atoms with E-state index in [1.807, 2.05) is 12.1 Å². The molecule has 2 aliphatic rings. The fraction of sp³-hybridized carbons (Fsp3) is 0.481. The van der Waals surface area contributed by atoms with Crippen LogP contribution in [0.4, 0.5) is 5.69 Å². The molecule has 0 radical (unpaired) electrons. The Balaban J connectivity index is 1.58.